The fraction of sp³-hybridized carbons (Fsp3) is 0.412. The van der Waals surface area contributed by atoms with Crippen LogP contribution in [0.3, 0.4) is 0 Å². The van der Waals surface area contributed by atoms with Gasteiger partial charge in [0.05, 0.1) is 33.2 Å². The molecule has 0 atom stereocenters. The fourth-order valence-corrected chi connectivity index (χ4v) is 8.49. The van der Waals surface area contributed by atoms with Crippen LogP contribution in [0.15, 0.2) is 17.0 Å². The minimum absolute atomic E-state index is 0.125. The van der Waals surface area contributed by atoms with Gasteiger partial charge in [-0.3, -0.25) is 19.3 Å². The van der Waals surface area contributed by atoms with Gasteiger partial charge in [-0.1, -0.05) is 0 Å². The van der Waals surface area contributed by atoms with Crippen LogP contribution in [0.2, 0.25) is 0 Å². The number of anilines is 3. The molecule has 0 radical (unpaired) electrons. The fourth-order valence-electron chi connectivity index (χ4n) is 8.49. The number of nitrogens with one attached hydrogen (secondary N) is 3. The molecule has 0 aliphatic heterocycles. The molecule has 3 aromatic carbocycles. The van der Waals surface area contributed by atoms with Crippen LogP contribution in [0.1, 0.15) is 83.5 Å². The molecule has 0 saturated carbocycles. The molecule has 0 fully saturated rings. The van der Waals surface area contributed by atoms with E-state index in [0.29, 0.717) is 0 Å². The van der Waals surface area contributed by atoms with E-state index in [-0.39, 0.29) is 37.0 Å². The first-order chi connectivity index (χ1) is 29.9. The number of carbonyl (C=O) groups is 3. The molecule has 13 heteroatoms. The Bertz CT molecular complexity index is 2230. The summed E-state index contributed by atoms with van der Waals surface area (Å²) < 4.78 is 0. The van der Waals surface area contributed by atoms with Crippen LogP contribution < -0.4 is 30.7 Å². The Morgan fingerprint density at radius 1 is 0.469 bits per heavy atom. The van der Waals surface area contributed by atoms with E-state index in [1.165, 1.54) is 4.90 Å². The first-order valence-electron chi connectivity index (χ1n) is 21.1. The lowest BCUT2D eigenvalue weighted by Gasteiger charge is -2.25. The number of nitrogens with zero attached hydrogens (tertiary/aromatic N) is 7. The number of rotatable bonds is 15. The first kappa shape index (κ1) is 51.5. The highest BCUT2D eigenvalue weighted by Gasteiger charge is 2.22. The lowest BCUT2D eigenvalue weighted by atomic mass is 9.90. The number of hydrogen-bond donors (Lipinski definition) is 3. The molecule has 0 aliphatic carbocycles. The maximum Gasteiger partial charge on any atom is 0.262 e. The second kappa shape index (κ2) is 21.5. The maximum atomic E-state index is 13.7. The second-order valence-electron chi connectivity index (χ2n) is 17.1. The molecule has 3 rings (SSSR count). The Labute approximate surface area is 381 Å². The average Bonchev–Trinajstić information content (AvgIpc) is 3.23. The van der Waals surface area contributed by atoms with Crippen LogP contribution in [0.25, 0.3) is 27.9 Å². The molecule has 338 valence electrons. The summed E-state index contributed by atoms with van der Waals surface area (Å²) in [5.41, 5.74) is 17.1. The summed E-state index contributed by atoms with van der Waals surface area (Å²) in [6.45, 7) is 39.1. The Balaban J connectivity index is 2.02. The van der Waals surface area contributed by atoms with Gasteiger partial charge in [0.1, 0.15) is 11.6 Å². The molecule has 64 heavy (non-hydrogen) atoms. The normalized spacial score (nSPS) is 11.7. The summed E-state index contributed by atoms with van der Waals surface area (Å²) >= 11 is 0. The van der Waals surface area contributed by atoms with E-state index < -0.39 is 17.7 Å². The summed E-state index contributed by atoms with van der Waals surface area (Å²) in [4.78, 5) is 55.9. The lowest BCUT2D eigenvalue weighted by Crippen LogP contribution is -2.49. The molecule has 3 amide bonds. The van der Waals surface area contributed by atoms with Crippen LogP contribution >= 0.6 is 0 Å². The molecule has 0 heterocycles. The van der Waals surface area contributed by atoms with Gasteiger partial charge >= 0.3 is 0 Å². The zero-order valence-corrected chi connectivity index (χ0v) is 41.2. The standard InChI is InChI=1S/C51H66N10O3/c1-28-34(7)46(58(15)16)35(8)29(2)41(28)21-40(24-52)49(62)55-25-61(26-56-50(63)44(53-13)22-42-30(3)36(9)47(59(17)18)37(10)31(42)4)27-57-51(64)45(54-14)23-43-32(5)38(11)48(60(19)20)39(12)33(43)6/h21-23H,25-27H2,1-12,15-20H3,(H,55,62)(H,56,63)(H,57,64)/b40-21+,44-22-,45-23-. The highest BCUT2D eigenvalue weighted by atomic mass is 16.2. The number of benzene rings is 3. The molecule has 3 N–H and O–H groups in total. The third kappa shape index (κ3) is 10.8. The van der Waals surface area contributed by atoms with E-state index in [2.05, 4.69) is 40.3 Å². The highest BCUT2D eigenvalue weighted by molar-refractivity contribution is 6.03. The molecular weight excluding hydrogens is 801 g/mol. The molecular formula is C51H66N10O3. The monoisotopic (exact) mass is 867 g/mol. The van der Waals surface area contributed by atoms with E-state index in [4.69, 9.17) is 13.1 Å². The van der Waals surface area contributed by atoms with Crippen molar-refractivity contribution in [2.75, 3.05) is 77.0 Å². The summed E-state index contributed by atoms with van der Waals surface area (Å²) in [7, 11) is 11.9. The van der Waals surface area contributed by atoms with Crippen molar-refractivity contribution in [1.29, 1.82) is 5.26 Å². The Morgan fingerprint density at radius 3 is 0.953 bits per heavy atom. The zero-order chi connectivity index (χ0) is 48.7. The Morgan fingerprint density at radius 2 is 0.719 bits per heavy atom. The molecule has 0 aliphatic rings. The van der Waals surface area contributed by atoms with Gasteiger partial charge in [0.2, 0.25) is 0 Å². The SMILES string of the molecule is [C-]#[N+]/C(=C\c1c(C)c(C)c(N(C)C)c(C)c1C)C(=O)NCN(CNC(=O)/C(=C/c1c(C)c(C)c(N(C)C)c(C)c1C)[N+]#[C-])CNC(=O)/C(C#N)=C/c1c(C)c(C)c(N(C)C)c(C)c1C. The lowest BCUT2D eigenvalue weighted by molar-refractivity contribution is -0.118. The largest absolute Gasteiger partial charge is 0.377 e. The van der Waals surface area contributed by atoms with Crippen LogP contribution in [-0.2, 0) is 14.4 Å². The Hall–Kier alpha value is -6.88. The van der Waals surface area contributed by atoms with Gasteiger partial charge in [-0.25, -0.2) is 9.69 Å². The van der Waals surface area contributed by atoms with E-state index in [1.54, 1.807) is 18.2 Å². The van der Waals surface area contributed by atoms with Gasteiger partial charge < -0.3 is 30.7 Å². The Kier molecular flexibility index (Phi) is 17.3. The van der Waals surface area contributed by atoms with E-state index in [1.807, 2.05) is 131 Å². The predicted octanol–water partition coefficient (Wildman–Crippen LogP) is 7.94. The van der Waals surface area contributed by atoms with E-state index in [9.17, 15) is 19.6 Å². The smallest absolute Gasteiger partial charge is 0.262 e. The van der Waals surface area contributed by atoms with Crippen LogP contribution in [0.5, 0.6) is 0 Å². The number of hydrogen-bond acceptors (Lipinski definition) is 8. The molecule has 0 saturated heterocycles. The molecule has 0 spiro atoms. The van der Waals surface area contributed by atoms with Crippen molar-refractivity contribution in [1.82, 2.24) is 20.9 Å². The van der Waals surface area contributed by atoms with Crippen molar-refractivity contribution in [2.45, 2.75) is 83.1 Å². The van der Waals surface area contributed by atoms with Gasteiger partial charge in [0.15, 0.2) is 0 Å². The minimum Gasteiger partial charge on any atom is -0.377 e. The molecule has 0 aromatic heterocycles. The van der Waals surface area contributed by atoms with Crippen molar-refractivity contribution < 1.29 is 14.4 Å². The van der Waals surface area contributed by atoms with Gasteiger partial charge in [0, 0.05) is 59.3 Å². The van der Waals surface area contributed by atoms with Crippen LogP contribution in [-0.4, -0.2) is 84.9 Å². The summed E-state index contributed by atoms with van der Waals surface area (Å²) in [6.07, 6.45) is 4.77. The highest BCUT2D eigenvalue weighted by Crippen LogP contribution is 2.36. The average molecular weight is 867 g/mol. The van der Waals surface area contributed by atoms with Gasteiger partial charge in [-0.2, -0.15) is 5.26 Å². The topological polar surface area (TPSA) is 133 Å². The van der Waals surface area contributed by atoms with Gasteiger partial charge in [-0.05, 0) is 185 Å². The zero-order valence-electron chi connectivity index (χ0n) is 41.2. The minimum atomic E-state index is -0.657. The van der Waals surface area contributed by atoms with Crippen molar-refractivity contribution >= 4 is 53.0 Å². The van der Waals surface area contributed by atoms with Crippen LogP contribution in [0.4, 0.5) is 17.1 Å². The quantitative estimate of drug-likeness (QED) is 0.0608. The number of carbonyl (C=O) groups excluding carboxylic acids is 3. The molecule has 3 aromatic rings. The van der Waals surface area contributed by atoms with E-state index in [0.717, 1.165) is 101 Å². The first-order valence-corrected chi connectivity index (χ1v) is 21.1. The third-order valence-electron chi connectivity index (χ3n) is 12.6. The molecule has 0 bridgehead atoms. The summed E-state index contributed by atoms with van der Waals surface area (Å²) in [5.74, 6) is -1.97. The van der Waals surface area contributed by atoms with Crippen molar-refractivity contribution in [3.8, 4) is 6.07 Å². The number of nitriles is 1. The van der Waals surface area contributed by atoms with Crippen molar-refractivity contribution in [2.24, 2.45) is 0 Å². The van der Waals surface area contributed by atoms with E-state index >= 15 is 0 Å². The number of amides is 3. The maximum absolute atomic E-state index is 13.7. The van der Waals surface area contributed by atoms with Crippen molar-refractivity contribution in [3.63, 3.8) is 0 Å². The van der Waals surface area contributed by atoms with Gasteiger partial charge in [-0.15, -0.1) is 0 Å². The predicted molar refractivity (Wildman–Crippen MR) is 263 cm³/mol. The third-order valence-corrected chi connectivity index (χ3v) is 12.6. The van der Waals surface area contributed by atoms with Gasteiger partial charge in [0.25, 0.3) is 29.1 Å². The van der Waals surface area contributed by atoms with Crippen molar-refractivity contribution in [3.05, 3.63) is 123 Å². The molecule has 0 unspecified atom stereocenters. The second-order valence-corrected chi connectivity index (χ2v) is 17.1. The summed E-state index contributed by atoms with van der Waals surface area (Å²) in [5, 5.41) is 18.5. The molecule has 13 nitrogen and oxygen atoms in total. The van der Waals surface area contributed by atoms with Crippen LogP contribution in [0, 0.1) is 108 Å². The summed E-state index contributed by atoms with van der Waals surface area (Å²) in [6, 6.07) is 2.04.